The number of hydrogen-bond acceptors (Lipinski definition) is 5. The van der Waals surface area contributed by atoms with Crippen molar-refractivity contribution in [2.45, 2.75) is 37.6 Å². The van der Waals surface area contributed by atoms with E-state index in [4.69, 9.17) is 11.6 Å². The maximum absolute atomic E-state index is 14.6. The largest absolute Gasteiger partial charge is 0.365 e. The molecule has 4 rings (SSSR count). The van der Waals surface area contributed by atoms with Gasteiger partial charge in [-0.1, -0.05) is 11.6 Å². The monoisotopic (exact) mass is 483 g/mol. The number of carbonyl (C=O) groups is 1. The number of nitrogens with zero attached hydrogens (tertiary/aromatic N) is 3. The zero-order valence-electron chi connectivity index (χ0n) is 17.9. The predicted octanol–water partition coefficient (Wildman–Crippen LogP) is 3.02. The second-order valence-corrected chi connectivity index (χ2v) is 8.79. The number of piperazine rings is 1. The predicted molar refractivity (Wildman–Crippen MR) is 119 cm³/mol. The molecule has 3 heterocycles. The molecule has 1 amide bonds. The molecule has 0 bridgehead atoms. The van der Waals surface area contributed by atoms with Crippen LogP contribution in [-0.2, 0) is 0 Å². The number of carbonyl (C=O) groups excluding carboxylic acids is 1. The fourth-order valence-electron chi connectivity index (χ4n) is 4.66. The van der Waals surface area contributed by atoms with Crippen molar-refractivity contribution in [1.29, 1.82) is 0 Å². The number of hydrogen-bond donors (Lipinski definition) is 2. The first-order chi connectivity index (χ1) is 15.8. The molecule has 1 saturated heterocycles. The van der Waals surface area contributed by atoms with Gasteiger partial charge < -0.3 is 15.2 Å². The summed E-state index contributed by atoms with van der Waals surface area (Å²) in [7, 11) is 0. The van der Waals surface area contributed by atoms with Crippen LogP contribution in [0.5, 0.6) is 0 Å². The van der Waals surface area contributed by atoms with Crippen molar-refractivity contribution < 1.29 is 18.0 Å². The standard InChI is InChI=1S/C22H25ClF3N5O2/c23-15-3-4-16(29-21(15)32)13-1-2-14(11-13)30-7-9-31(10-8-30)18-6-5-17(28-20(18)26)22(33)27-12-19(24)25/h3-6,13-14,19H,1-2,7-12H2,(H,27,33)(H,29,32). The van der Waals surface area contributed by atoms with E-state index in [9.17, 15) is 22.8 Å². The molecule has 2 atom stereocenters. The van der Waals surface area contributed by atoms with E-state index in [1.165, 1.54) is 12.1 Å². The highest BCUT2D eigenvalue weighted by Crippen LogP contribution is 2.36. The lowest BCUT2D eigenvalue weighted by Gasteiger charge is -2.39. The number of halogens is 4. The highest BCUT2D eigenvalue weighted by atomic mass is 35.5. The van der Waals surface area contributed by atoms with E-state index < -0.39 is 24.8 Å². The summed E-state index contributed by atoms with van der Waals surface area (Å²) in [6.07, 6.45) is 0.262. The first-order valence-electron chi connectivity index (χ1n) is 10.9. The van der Waals surface area contributed by atoms with E-state index in [1.54, 1.807) is 6.07 Å². The number of amides is 1. The number of H-pyrrole nitrogens is 1. The Kier molecular flexibility index (Phi) is 7.23. The zero-order valence-corrected chi connectivity index (χ0v) is 18.6. The van der Waals surface area contributed by atoms with Crippen LogP contribution >= 0.6 is 11.6 Å². The van der Waals surface area contributed by atoms with Crippen molar-refractivity contribution in [1.82, 2.24) is 20.2 Å². The van der Waals surface area contributed by atoms with Crippen LogP contribution in [0, 0.1) is 5.95 Å². The number of aromatic nitrogens is 2. The molecule has 2 fully saturated rings. The van der Waals surface area contributed by atoms with Gasteiger partial charge in [0.2, 0.25) is 5.95 Å². The summed E-state index contributed by atoms with van der Waals surface area (Å²) in [5.74, 6) is -1.34. The molecule has 2 N–H and O–H groups in total. The first kappa shape index (κ1) is 23.6. The van der Waals surface area contributed by atoms with Crippen LogP contribution in [-0.4, -0.2) is 66.0 Å². The number of nitrogens with one attached hydrogen (secondary N) is 2. The topological polar surface area (TPSA) is 81.3 Å². The molecule has 2 aromatic heterocycles. The molecule has 7 nitrogen and oxygen atoms in total. The normalized spacial score (nSPS) is 21.5. The Hall–Kier alpha value is -2.59. The Labute approximate surface area is 193 Å². The van der Waals surface area contributed by atoms with Gasteiger partial charge in [0.15, 0.2) is 0 Å². The molecular formula is C22H25ClF3N5O2. The zero-order chi connectivity index (χ0) is 23.5. The SMILES string of the molecule is O=C(NCC(F)F)c1ccc(N2CCN(C3CCC(c4ccc(Cl)c(=O)[nH]4)C3)CC2)c(F)n1. The number of anilines is 1. The van der Waals surface area contributed by atoms with Gasteiger partial charge in [-0.05, 0) is 43.5 Å². The summed E-state index contributed by atoms with van der Waals surface area (Å²) in [5, 5.41) is 2.21. The lowest BCUT2D eigenvalue weighted by Crippen LogP contribution is -2.50. The van der Waals surface area contributed by atoms with Gasteiger partial charge in [-0.3, -0.25) is 14.5 Å². The molecule has 178 valence electrons. The first-order valence-corrected chi connectivity index (χ1v) is 11.3. The molecule has 1 aliphatic carbocycles. The van der Waals surface area contributed by atoms with E-state index in [0.717, 1.165) is 38.0 Å². The average molecular weight is 484 g/mol. The van der Waals surface area contributed by atoms with Gasteiger partial charge in [-0.2, -0.15) is 4.39 Å². The van der Waals surface area contributed by atoms with Crippen molar-refractivity contribution in [3.63, 3.8) is 0 Å². The van der Waals surface area contributed by atoms with Gasteiger partial charge in [0, 0.05) is 43.8 Å². The minimum Gasteiger partial charge on any atom is -0.365 e. The van der Waals surface area contributed by atoms with Gasteiger partial charge in [0.1, 0.15) is 10.7 Å². The van der Waals surface area contributed by atoms with Crippen molar-refractivity contribution in [3.05, 3.63) is 57.0 Å². The molecular weight excluding hydrogens is 459 g/mol. The maximum Gasteiger partial charge on any atom is 0.270 e. The maximum atomic E-state index is 14.6. The lowest BCUT2D eigenvalue weighted by molar-refractivity contribution is 0.0886. The van der Waals surface area contributed by atoms with Crippen molar-refractivity contribution in [3.8, 4) is 0 Å². The van der Waals surface area contributed by atoms with Gasteiger partial charge >= 0.3 is 0 Å². The van der Waals surface area contributed by atoms with Crippen LogP contribution in [0.25, 0.3) is 0 Å². The number of pyridine rings is 2. The Morgan fingerprint density at radius 2 is 1.94 bits per heavy atom. The minimum absolute atomic E-state index is 0.188. The highest BCUT2D eigenvalue weighted by Gasteiger charge is 2.33. The molecule has 1 saturated carbocycles. The van der Waals surface area contributed by atoms with Gasteiger partial charge in [-0.15, -0.1) is 0 Å². The lowest BCUT2D eigenvalue weighted by atomic mass is 10.0. The Bertz CT molecular complexity index is 1060. The molecule has 11 heteroatoms. The fourth-order valence-corrected chi connectivity index (χ4v) is 4.77. The van der Waals surface area contributed by atoms with Gasteiger partial charge in [0.05, 0.1) is 12.2 Å². The quantitative estimate of drug-likeness (QED) is 0.617. The van der Waals surface area contributed by atoms with E-state index in [-0.39, 0.29) is 22.2 Å². The molecule has 2 aromatic rings. The van der Waals surface area contributed by atoms with Crippen LogP contribution in [0.2, 0.25) is 5.02 Å². The van der Waals surface area contributed by atoms with Crippen molar-refractivity contribution in [2.24, 2.45) is 0 Å². The molecule has 33 heavy (non-hydrogen) atoms. The second-order valence-electron chi connectivity index (χ2n) is 8.39. The van der Waals surface area contributed by atoms with Gasteiger partial charge in [-0.25, -0.2) is 13.8 Å². The summed E-state index contributed by atoms with van der Waals surface area (Å²) in [5.41, 5.74) is 0.714. The third kappa shape index (κ3) is 5.50. The Morgan fingerprint density at radius 3 is 2.61 bits per heavy atom. The van der Waals surface area contributed by atoms with Crippen LogP contribution < -0.4 is 15.8 Å². The van der Waals surface area contributed by atoms with E-state index in [0.29, 0.717) is 24.8 Å². The average Bonchev–Trinajstić information content (AvgIpc) is 3.29. The number of aromatic amines is 1. The molecule has 0 radical (unpaired) electrons. The second kappa shape index (κ2) is 10.1. The van der Waals surface area contributed by atoms with Gasteiger partial charge in [0.25, 0.3) is 17.9 Å². The Balaban J connectivity index is 1.32. The molecule has 1 aliphatic heterocycles. The van der Waals surface area contributed by atoms with Crippen LogP contribution in [0.4, 0.5) is 18.9 Å². The van der Waals surface area contributed by atoms with Crippen molar-refractivity contribution >= 4 is 23.2 Å². The third-order valence-corrected chi connectivity index (χ3v) is 6.68. The summed E-state index contributed by atoms with van der Waals surface area (Å²) >= 11 is 5.83. The van der Waals surface area contributed by atoms with E-state index >= 15 is 0 Å². The van der Waals surface area contributed by atoms with Crippen molar-refractivity contribution in [2.75, 3.05) is 37.6 Å². The highest BCUT2D eigenvalue weighted by molar-refractivity contribution is 6.30. The van der Waals surface area contributed by atoms with Crippen LogP contribution in [0.1, 0.15) is 41.4 Å². The summed E-state index contributed by atoms with van der Waals surface area (Å²) in [6.45, 7) is 1.92. The third-order valence-electron chi connectivity index (χ3n) is 6.38. The number of alkyl halides is 2. The molecule has 2 unspecified atom stereocenters. The van der Waals surface area contributed by atoms with Crippen LogP contribution in [0.3, 0.4) is 0 Å². The summed E-state index contributed by atoms with van der Waals surface area (Å²) in [6, 6.07) is 6.72. The smallest absolute Gasteiger partial charge is 0.270 e. The molecule has 0 aromatic carbocycles. The van der Waals surface area contributed by atoms with Crippen LogP contribution in [0.15, 0.2) is 29.1 Å². The molecule has 0 spiro atoms. The summed E-state index contributed by atoms with van der Waals surface area (Å²) < 4.78 is 39.0. The number of rotatable bonds is 6. The van der Waals surface area contributed by atoms with E-state index in [1.807, 2.05) is 16.3 Å². The Morgan fingerprint density at radius 1 is 1.18 bits per heavy atom. The summed E-state index contributed by atoms with van der Waals surface area (Å²) in [4.78, 5) is 34.4. The minimum atomic E-state index is -2.68. The van der Waals surface area contributed by atoms with E-state index in [2.05, 4.69) is 14.9 Å². The fraction of sp³-hybridized carbons (Fsp3) is 0.500. The molecule has 2 aliphatic rings.